The van der Waals surface area contributed by atoms with Crippen LogP contribution in [0.3, 0.4) is 0 Å². The van der Waals surface area contributed by atoms with Crippen molar-refractivity contribution in [3.63, 3.8) is 0 Å². The monoisotopic (exact) mass is 272 g/mol. The summed E-state index contributed by atoms with van der Waals surface area (Å²) in [5.74, 6) is 0.826. The van der Waals surface area contributed by atoms with Gasteiger partial charge in [0.1, 0.15) is 0 Å². The highest BCUT2D eigenvalue weighted by atomic mass is 32.2. The maximum Gasteiger partial charge on any atom is 0.329 e. The quantitative estimate of drug-likeness (QED) is 0.485. The van der Waals surface area contributed by atoms with Crippen LogP contribution in [0.15, 0.2) is 0 Å². The fraction of sp³-hybridized carbons (Fsp3) is 1.00. The molecule has 98 valence electrons. The van der Waals surface area contributed by atoms with Crippen molar-refractivity contribution in [1.29, 1.82) is 0 Å². The molecule has 0 aliphatic rings. The van der Waals surface area contributed by atoms with E-state index < -0.39 is 18.7 Å². The Bertz CT molecular complexity index is 230. The minimum absolute atomic E-state index is 0.114. The lowest BCUT2D eigenvalue weighted by atomic mass is 9.90. The lowest BCUT2D eigenvalue weighted by Gasteiger charge is -2.28. The highest BCUT2D eigenvalue weighted by molar-refractivity contribution is 7.99. The van der Waals surface area contributed by atoms with E-state index >= 15 is 0 Å². The van der Waals surface area contributed by atoms with Crippen molar-refractivity contribution < 1.29 is 24.6 Å². The van der Waals surface area contributed by atoms with Crippen molar-refractivity contribution in [3.05, 3.63) is 0 Å². The summed E-state index contributed by atoms with van der Waals surface area (Å²) in [5, 5.41) is 18.3. The van der Waals surface area contributed by atoms with Gasteiger partial charge in [-0.2, -0.15) is 11.8 Å². The largest absolute Gasteiger partial charge is 0.396 e. The molecule has 0 heterocycles. The molecule has 0 aliphatic heterocycles. The van der Waals surface area contributed by atoms with E-state index in [0.29, 0.717) is 17.9 Å². The van der Waals surface area contributed by atoms with Gasteiger partial charge in [0.15, 0.2) is 0 Å². The lowest BCUT2D eigenvalue weighted by Crippen LogP contribution is -2.32. The van der Waals surface area contributed by atoms with Crippen molar-refractivity contribution in [2.45, 2.75) is 25.9 Å². The standard InChI is InChI=1S/C9H21O5PS/c1-3-9(5-10,6-11)7-16-4-8(2)15(12,13)14/h8,10-11H,3-7H2,1-2H3,(H2,12,13,14). The van der Waals surface area contributed by atoms with Gasteiger partial charge in [-0.05, 0) is 6.42 Å². The van der Waals surface area contributed by atoms with E-state index in [1.54, 1.807) is 0 Å². The zero-order valence-corrected chi connectivity index (χ0v) is 11.4. The van der Waals surface area contributed by atoms with Crippen LogP contribution in [0.1, 0.15) is 20.3 Å². The Morgan fingerprint density at radius 3 is 2.12 bits per heavy atom. The molecule has 7 heteroatoms. The second-order valence-electron chi connectivity index (χ2n) is 4.12. The van der Waals surface area contributed by atoms with Crippen LogP contribution < -0.4 is 0 Å². The average Bonchev–Trinajstić information content (AvgIpc) is 2.23. The van der Waals surface area contributed by atoms with E-state index in [9.17, 15) is 14.8 Å². The van der Waals surface area contributed by atoms with Crippen LogP contribution in [-0.4, -0.2) is 50.4 Å². The van der Waals surface area contributed by atoms with Gasteiger partial charge in [0.25, 0.3) is 0 Å². The molecule has 0 saturated heterocycles. The summed E-state index contributed by atoms with van der Waals surface area (Å²) < 4.78 is 10.9. The van der Waals surface area contributed by atoms with E-state index in [2.05, 4.69) is 0 Å². The summed E-state index contributed by atoms with van der Waals surface area (Å²) in [6, 6.07) is 0. The summed E-state index contributed by atoms with van der Waals surface area (Å²) >= 11 is 1.36. The van der Waals surface area contributed by atoms with E-state index in [1.165, 1.54) is 18.7 Å². The molecule has 1 unspecified atom stereocenters. The summed E-state index contributed by atoms with van der Waals surface area (Å²) in [6.07, 6.45) is 0.636. The van der Waals surface area contributed by atoms with Gasteiger partial charge in [0, 0.05) is 16.9 Å². The normalized spacial score (nSPS) is 15.1. The Hall–Kier alpha value is 0.420. The minimum atomic E-state index is -4.01. The van der Waals surface area contributed by atoms with Gasteiger partial charge in [0.05, 0.1) is 18.9 Å². The van der Waals surface area contributed by atoms with Crippen LogP contribution in [0.25, 0.3) is 0 Å². The first-order valence-corrected chi connectivity index (χ1v) is 7.99. The van der Waals surface area contributed by atoms with Gasteiger partial charge in [-0.1, -0.05) is 13.8 Å². The SMILES string of the molecule is CCC(CO)(CO)CSCC(C)P(=O)(O)O. The van der Waals surface area contributed by atoms with Crippen LogP contribution >= 0.6 is 19.4 Å². The first kappa shape index (κ1) is 16.4. The first-order valence-electron chi connectivity index (χ1n) is 5.16. The Morgan fingerprint density at radius 1 is 1.31 bits per heavy atom. The van der Waals surface area contributed by atoms with Crippen LogP contribution in [0.2, 0.25) is 0 Å². The Morgan fingerprint density at radius 2 is 1.81 bits per heavy atom. The second kappa shape index (κ2) is 6.99. The fourth-order valence-corrected chi connectivity index (χ4v) is 3.38. The third-order valence-electron chi connectivity index (χ3n) is 2.76. The molecule has 0 aromatic heterocycles. The predicted octanol–water partition coefficient (Wildman–Crippen LogP) is 0.667. The van der Waals surface area contributed by atoms with Gasteiger partial charge in [-0.25, -0.2) is 0 Å². The number of hydrogen-bond acceptors (Lipinski definition) is 4. The molecule has 16 heavy (non-hydrogen) atoms. The van der Waals surface area contributed by atoms with Crippen LogP contribution in [0, 0.1) is 5.41 Å². The molecular formula is C9H21O5PS. The molecule has 0 rings (SSSR count). The highest BCUT2D eigenvalue weighted by Crippen LogP contribution is 2.42. The molecule has 0 radical (unpaired) electrons. The van der Waals surface area contributed by atoms with Gasteiger partial charge < -0.3 is 20.0 Å². The van der Waals surface area contributed by atoms with E-state index in [0.717, 1.165) is 0 Å². The fourth-order valence-electron chi connectivity index (χ4n) is 1.01. The third kappa shape index (κ3) is 5.17. The number of rotatable bonds is 8. The molecule has 0 amide bonds. The second-order valence-corrected chi connectivity index (χ2v) is 7.21. The van der Waals surface area contributed by atoms with Gasteiger partial charge >= 0.3 is 7.60 Å². The van der Waals surface area contributed by atoms with Gasteiger partial charge in [-0.15, -0.1) is 0 Å². The lowest BCUT2D eigenvalue weighted by molar-refractivity contribution is 0.0710. The zero-order valence-electron chi connectivity index (χ0n) is 9.67. The van der Waals surface area contributed by atoms with Crippen molar-refractivity contribution in [2.24, 2.45) is 5.41 Å². The summed E-state index contributed by atoms with van der Waals surface area (Å²) in [6.45, 7) is 3.15. The molecule has 0 aromatic rings. The predicted molar refractivity (Wildman–Crippen MR) is 65.7 cm³/mol. The van der Waals surface area contributed by atoms with E-state index in [4.69, 9.17) is 9.79 Å². The molecular weight excluding hydrogens is 251 g/mol. The van der Waals surface area contributed by atoms with Crippen molar-refractivity contribution in [1.82, 2.24) is 0 Å². The van der Waals surface area contributed by atoms with Crippen LogP contribution in [0.4, 0.5) is 0 Å². The number of aliphatic hydroxyl groups excluding tert-OH is 2. The van der Waals surface area contributed by atoms with Crippen LogP contribution in [0.5, 0.6) is 0 Å². The highest BCUT2D eigenvalue weighted by Gasteiger charge is 2.29. The summed E-state index contributed by atoms with van der Waals surface area (Å²) in [7, 11) is -4.01. The molecule has 0 spiro atoms. The third-order valence-corrected chi connectivity index (χ3v) is 5.89. The topological polar surface area (TPSA) is 98.0 Å². The number of thioether (sulfide) groups is 1. The molecule has 0 saturated carbocycles. The maximum absolute atomic E-state index is 10.9. The minimum Gasteiger partial charge on any atom is -0.396 e. The van der Waals surface area contributed by atoms with Crippen molar-refractivity contribution in [3.8, 4) is 0 Å². The molecule has 4 N–H and O–H groups in total. The summed E-state index contributed by atoms with van der Waals surface area (Å²) in [5.41, 5.74) is -1.23. The summed E-state index contributed by atoms with van der Waals surface area (Å²) in [4.78, 5) is 17.8. The number of aliphatic hydroxyl groups is 2. The molecule has 5 nitrogen and oxygen atoms in total. The zero-order chi connectivity index (χ0) is 12.8. The van der Waals surface area contributed by atoms with Crippen LogP contribution in [-0.2, 0) is 4.57 Å². The van der Waals surface area contributed by atoms with E-state index in [1.807, 2.05) is 6.92 Å². The van der Waals surface area contributed by atoms with E-state index in [-0.39, 0.29) is 13.2 Å². The molecule has 1 atom stereocenters. The van der Waals surface area contributed by atoms with Crippen molar-refractivity contribution >= 4 is 19.4 Å². The van der Waals surface area contributed by atoms with Gasteiger partial charge in [-0.3, -0.25) is 4.57 Å². The Labute approximate surface area is 100 Å². The molecule has 0 bridgehead atoms. The number of hydrogen-bond donors (Lipinski definition) is 4. The molecule has 0 aromatic carbocycles. The molecule has 0 aliphatic carbocycles. The smallest absolute Gasteiger partial charge is 0.329 e. The average molecular weight is 272 g/mol. The molecule has 0 fully saturated rings. The van der Waals surface area contributed by atoms with Gasteiger partial charge in [0.2, 0.25) is 0 Å². The first-order chi connectivity index (χ1) is 7.31. The maximum atomic E-state index is 10.9. The Balaban J connectivity index is 4.10. The van der Waals surface area contributed by atoms with Crippen molar-refractivity contribution in [2.75, 3.05) is 24.7 Å². The Kier molecular flexibility index (Phi) is 7.17.